The van der Waals surface area contributed by atoms with E-state index in [1.807, 2.05) is 0 Å². The zero-order chi connectivity index (χ0) is 15.9. The van der Waals surface area contributed by atoms with Gasteiger partial charge in [0.05, 0.1) is 6.10 Å². The van der Waals surface area contributed by atoms with E-state index in [4.69, 9.17) is 0 Å². The van der Waals surface area contributed by atoms with Gasteiger partial charge < -0.3 is 20.2 Å². The van der Waals surface area contributed by atoms with Crippen LogP contribution in [0.5, 0.6) is 0 Å². The highest BCUT2D eigenvalue weighted by molar-refractivity contribution is 5.74. The van der Waals surface area contributed by atoms with Gasteiger partial charge in [-0.2, -0.15) is 0 Å². The second kappa shape index (κ2) is 8.73. The van der Waals surface area contributed by atoms with Gasteiger partial charge >= 0.3 is 6.03 Å². The highest BCUT2D eigenvalue weighted by atomic mass is 16.3. The Balaban J connectivity index is 1.67. The van der Waals surface area contributed by atoms with Crippen LogP contribution in [0.1, 0.15) is 58.3 Å². The lowest BCUT2D eigenvalue weighted by atomic mass is 9.92. The maximum atomic E-state index is 12.1. The Morgan fingerprint density at radius 1 is 1.23 bits per heavy atom. The van der Waals surface area contributed by atoms with Crippen LogP contribution in [0.4, 0.5) is 4.79 Å². The van der Waals surface area contributed by atoms with Gasteiger partial charge in [-0.05, 0) is 39.0 Å². The Bertz CT molecular complexity index is 335. The first kappa shape index (κ1) is 17.5. The molecule has 1 heterocycles. The van der Waals surface area contributed by atoms with Crippen LogP contribution in [-0.2, 0) is 0 Å². The number of piperidine rings is 1. The van der Waals surface area contributed by atoms with Crippen molar-refractivity contribution in [3.63, 3.8) is 0 Å². The number of nitrogens with zero attached hydrogens (tertiary/aromatic N) is 2. The first-order valence-electron chi connectivity index (χ1n) is 9.00. The van der Waals surface area contributed by atoms with E-state index in [9.17, 15) is 9.90 Å². The fraction of sp³-hybridized carbons (Fsp3) is 0.941. The molecule has 2 N–H and O–H groups in total. The summed E-state index contributed by atoms with van der Waals surface area (Å²) in [6.45, 7) is 4.59. The SMILES string of the molecule is CC(O)CCN(C)C(=O)NC1CCN(C2CCCCC2)CC1. The Morgan fingerprint density at radius 2 is 1.86 bits per heavy atom. The Kier molecular flexibility index (Phi) is 6.96. The summed E-state index contributed by atoms with van der Waals surface area (Å²) >= 11 is 0. The van der Waals surface area contributed by atoms with E-state index in [2.05, 4.69) is 10.2 Å². The number of aliphatic hydroxyl groups excluding tert-OH is 1. The van der Waals surface area contributed by atoms with Crippen LogP contribution in [0.25, 0.3) is 0 Å². The second-order valence-corrected chi connectivity index (χ2v) is 7.11. The predicted molar refractivity (Wildman–Crippen MR) is 88.9 cm³/mol. The highest BCUT2D eigenvalue weighted by Gasteiger charge is 2.27. The van der Waals surface area contributed by atoms with E-state index in [1.165, 1.54) is 32.1 Å². The maximum Gasteiger partial charge on any atom is 0.317 e. The second-order valence-electron chi connectivity index (χ2n) is 7.11. The molecule has 128 valence electrons. The molecule has 0 bridgehead atoms. The van der Waals surface area contributed by atoms with Crippen molar-refractivity contribution < 1.29 is 9.90 Å². The van der Waals surface area contributed by atoms with Gasteiger partial charge in [0.2, 0.25) is 0 Å². The summed E-state index contributed by atoms with van der Waals surface area (Å²) in [5, 5.41) is 12.4. The summed E-state index contributed by atoms with van der Waals surface area (Å²) in [6.07, 6.45) is 9.29. The summed E-state index contributed by atoms with van der Waals surface area (Å²) < 4.78 is 0. The van der Waals surface area contributed by atoms with E-state index in [0.717, 1.165) is 32.0 Å². The minimum absolute atomic E-state index is 0.00299. The van der Waals surface area contributed by atoms with Crippen molar-refractivity contribution in [2.75, 3.05) is 26.7 Å². The van der Waals surface area contributed by atoms with Crippen LogP contribution < -0.4 is 5.32 Å². The van der Waals surface area contributed by atoms with Gasteiger partial charge in [-0.15, -0.1) is 0 Å². The molecule has 0 aromatic rings. The fourth-order valence-electron chi connectivity index (χ4n) is 3.62. The van der Waals surface area contributed by atoms with Crippen molar-refractivity contribution in [1.29, 1.82) is 0 Å². The van der Waals surface area contributed by atoms with E-state index in [0.29, 0.717) is 19.0 Å². The molecule has 0 radical (unpaired) electrons. The standard InChI is InChI=1S/C17H33N3O2/c1-14(21)8-11-19(2)17(22)18-15-9-12-20(13-10-15)16-6-4-3-5-7-16/h14-16,21H,3-13H2,1-2H3,(H,18,22). The number of amides is 2. The van der Waals surface area contributed by atoms with Crippen molar-refractivity contribution in [3.8, 4) is 0 Å². The molecule has 5 nitrogen and oxygen atoms in total. The molecular formula is C17H33N3O2. The maximum absolute atomic E-state index is 12.1. The van der Waals surface area contributed by atoms with Crippen molar-refractivity contribution >= 4 is 6.03 Å². The number of hydrogen-bond acceptors (Lipinski definition) is 3. The van der Waals surface area contributed by atoms with Gasteiger partial charge in [-0.1, -0.05) is 19.3 Å². The summed E-state index contributed by atoms with van der Waals surface area (Å²) in [6, 6.07) is 1.09. The summed E-state index contributed by atoms with van der Waals surface area (Å²) in [5.74, 6) is 0. The zero-order valence-electron chi connectivity index (χ0n) is 14.3. The lowest BCUT2D eigenvalue weighted by Gasteiger charge is -2.39. The molecule has 5 heteroatoms. The molecule has 1 saturated carbocycles. The number of aliphatic hydroxyl groups is 1. The average molecular weight is 311 g/mol. The summed E-state index contributed by atoms with van der Waals surface area (Å²) in [7, 11) is 1.80. The monoisotopic (exact) mass is 311 g/mol. The number of carbonyl (C=O) groups is 1. The Hall–Kier alpha value is -0.810. The van der Waals surface area contributed by atoms with Crippen molar-refractivity contribution in [1.82, 2.24) is 15.1 Å². The smallest absolute Gasteiger partial charge is 0.317 e. The van der Waals surface area contributed by atoms with Crippen LogP contribution in [0.15, 0.2) is 0 Å². The molecular weight excluding hydrogens is 278 g/mol. The number of hydrogen-bond donors (Lipinski definition) is 2. The van der Waals surface area contributed by atoms with Crippen molar-refractivity contribution in [2.24, 2.45) is 0 Å². The third kappa shape index (κ3) is 5.43. The number of carbonyl (C=O) groups excluding carboxylic acids is 1. The molecule has 1 aliphatic carbocycles. The fourth-order valence-corrected chi connectivity index (χ4v) is 3.62. The summed E-state index contributed by atoms with van der Waals surface area (Å²) in [5.41, 5.74) is 0. The average Bonchev–Trinajstić information content (AvgIpc) is 2.54. The molecule has 0 aromatic carbocycles. The molecule has 1 saturated heterocycles. The van der Waals surface area contributed by atoms with Crippen LogP contribution >= 0.6 is 0 Å². The number of rotatable bonds is 5. The molecule has 0 spiro atoms. The topological polar surface area (TPSA) is 55.8 Å². The van der Waals surface area contributed by atoms with Gasteiger partial charge in [-0.3, -0.25) is 0 Å². The van der Waals surface area contributed by atoms with E-state index in [1.54, 1.807) is 18.9 Å². The molecule has 2 amide bonds. The van der Waals surface area contributed by atoms with Crippen LogP contribution in [0, 0.1) is 0 Å². The Labute approximate surface area is 135 Å². The van der Waals surface area contributed by atoms with Crippen LogP contribution in [0.2, 0.25) is 0 Å². The Morgan fingerprint density at radius 3 is 2.45 bits per heavy atom. The molecule has 1 unspecified atom stereocenters. The highest BCUT2D eigenvalue weighted by Crippen LogP contribution is 2.25. The minimum atomic E-state index is -0.353. The van der Waals surface area contributed by atoms with E-state index >= 15 is 0 Å². The first-order chi connectivity index (χ1) is 10.6. The van der Waals surface area contributed by atoms with E-state index in [-0.39, 0.29) is 12.1 Å². The van der Waals surface area contributed by atoms with Gasteiger partial charge in [0.15, 0.2) is 0 Å². The molecule has 0 aromatic heterocycles. The van der Waals surface area contributed by atoms with Gasteiger partial charge in [0.25, 0.3) is 0 Å². The lowest BCUT2D eigenvalue weighted by Crippen LogP contribution is -2.50. The molecule has 1 aliphatic heterocycles. The summed E-state index contributed by atoms with van der Waals surface area (Å²) in [4.78, 5) is 16.4. The van der Waals surface area contributed by atoms with Gasteiger partial charge in [-0.25, -0.2) is 4.79 Å². The quantitative estimate of drug-likeness (QED) is 0.818. The van der Waals surface area contributed by atoms with E-state index < -0.39 is 0 Å². The third-order valence-electron chi connectivity index (χ3n) is 5.18. The number of urea groups is 1. The van der Waals surface area contributed by atoms with Gasteiger partial charge in [0, 0.05) is 38.8 Å². The normalized spacial score (nSPS) is 23.2. The predicted octanol–water partition coefficient (Wildman–Crippen LogP) is 2.20. The van der Waals surface area contributed by atoms with Crippen molar-refractivity contribution in [2.45, 2.75) is 76.5 Å². The molecule has 1 atom stereocenters. The van der Waals surface area contributed by atoms with Gasteiger partial charge in [0.1, 0.15) is 0 Å². The third-order valence-corrected chi connectivity index (χ3v) is 5.18. The minimum Gasteiger partial charge on any atom is -0.393 e. The van der Waals surface area contributed by atoms with Crippen molar-refractivity contribution in [3.05, 3.63) is 0 Å². The lowest BCUT2D eigenvalue weighted by molar-refractivity contribution is 0.114. The number of nitrogens with one attached hydrogen (secondary N) is 1. The molecule has 2 rings (SSSR count). The van der Waals surface area contributed by atoms with Crippen LogP contribution in [0.3, 0.4) is 0 Å². The number of likely N-dealkylation sites (tertiary alicyclic amines) is 1. The first-order valence-corrected chi connectivity index (χ1v) is 9.00. The molecule has 22 heavy (non-hydrogen) atoms. The zero-order valence-corrected chi connectivity index (χ0v) is 14.3. The largest absolute Gasteiger partial charge is 0.393 e. The van der Waals surface area contributed by atoms with Crippen LogP contribution in [-0.4, -0.2) is 65.8 Å². The molecule has 2 aliphatic rings. The molecule has 2 fully saturated rings.